The van der Waals surface area contributed by atoms with Crippen molar-refractivity contribution in [2.75, 3.05) is 4.90 Å². The van der Waals surface area contributed by atoms with E-state index in [0.29, 0.717) is 11.3 Å². The van der Waals surface area contributed by atoms with Gasteiger partial charge in [0.25, 0.3) is 0 Å². The van der Waals surface area contributed by atoms with Crippen molar-refractivity contribution >= 4 is 23.5 Å². The summed E-state index contributed by atoms with van der Waals surface area (Å²) in [5.74, 6) is -4.34. The third-order valence-corrected chi connectivity index (χ3v) is 5.45. The van der Waals surface area contributed by atoms with E-state index in [2.05, 4.69) is 0 Å². The number of carboxylic acids is 1. The molecule has 4 atom stereocenters. The number of imide groups is 1. The molecule has 2 aromatic rings. The Balaban J connectivity index is 1.79. The summed E-state index contributed by atoms with van der Waals surface area (Å²) in [7, 11) is 0. The number of nitrogens with two attached hydrogens (primary N) is 1. The molecule has 0 aliphatic carbocycles. The maximum Gasteiger partial charge on any atom is 0.244 e. The Kier molecular flexibility index (Phi) is 3.96. The zero-order valence-corrected chi connectivity index (χ0v) is 14.5. The van der Waals surface area contributed by atoms with Gasteiger partial charge in [-0.3, -0.25) is 9.59 Å². The molecule has 4 rings (SSSR count). The van der Waals surface area contributed by atoms with Crippen molar-refractivity contribution in [3.05, 3.63) is 59.7 Å². The molecule has 7 heteroatoms. The Bertz CT molecular complexity index is 940. The molecule has 27 heavy (non-hydrogen) atoms. The quantitative estimate of drug-likeness (QED) is 0.694. The van der Waals surface area contributed by atoms with Gasteiger partial charge < -0.3 is 20.3 Å². The lowest BCUT2D eigenvalue weighted by Crippen LogP contribution is -2.92. The molecule has 0 saturated carbocycles. The van der Waals surface area contributed by atoms with Gasteiger partial charge in [-0.2, -0.15) is 0 Å². The van der Waals surface area contributed by atoms with E-state index in [1.165, 1.54) is 11.4 Å². The van der Waals surface area contributed by atoms with Crippen LogP contribution in [0, 0.1) is 18.8 Å². The number of rotatable bonds is 3. The molecular weight excluding hydrogens is 348 g/mol. The van der Waals surface area contributed by atoms with Crippen LogP contribution in [0.2, 0.25) is 0 Å². The lowest BCUT2D eigenvalue weighted by Gasteiger charge is -2.21. The summed E-state index contributed by atoms with van der Waals surface area (Å²) in [5, 5.41) is 23.3. The maximum absolute atomic E-state index is 13.1. The standard InChI is InChI=1S/C20H18N2O5/c1-10-6-8-11(9-7-10)22-18(24)14-15(19(22)25)17(20(26)27)21-16(14)12-4-2-3-5-13(12)23/h2-9,14-17,21,23H,1H3,(H,26,27)/t14-,15-,16-,17+/m1/s1. The second kappa shape index (κ2) is 6.21. The highest BCUT2D eigenvalue weighted by Gasteiger charge is 2.63. The van der Waals surface area contributed by atoms with Crippen LogP contribution in [0.25, 0.3) is 0 Å². The Morgan fingerprint density at radius 3 is 2.30 bits per heavy atom. The van der Waals surface area contributed by atoms with E-state index in [0.717, 1.165) is 10.5 Å². The van der Waals surface area contributed by atoms with E-state index in [1.807, 2.05) is 6.92 Å². The summed E-state index contributed by atoms with van der Waals surface area (Å²) in [6, 6.07) is 11.5. The third-order valence-electron chi connectivity index (χ3n) is 5.45. The number of phenols is 1. The lowest BCUT2D eigenvalue weighted by molar-refractivity contribution is -0.705. The molecule has 2 fully saturated rings. The van der Waals surface area contributed by atoms with E-state index in [4.69, 9.17) is 0 Å². The van der Waals surface area contributed by atoms with Gasteiger partial charge >= 0.3 is 0 Å². The van der Waals surface area contributed by atoms with Crippen LogP contribution in [0.4, 0.5) is 5.69 Å². The van der Waals surface area contributed by atoms with Gasteiger partial charge in [-0.15, -0.1) is 0 Å². The number of phenolic OH excluding ortho intramolecular Hbond substituents is 1. The van der Waals surface area contributed by atoms with E-state index >= 15 is 0 Å². The molecule has 2 aliphatic heterocycles. The van der Waals surface area contributed by atoms with Crippen molar-refractivity contribution in [3.63, 3.8) is 0 Å². The minimum atomic E-state index is -1.39. The summed E-state index contributed by atoms with van der Waals surface area (Å²) in [6.07, 6.45) is 0. The average Bonchev–Trinajstić information content (AvgIpc) is 3.14. The van der Waals surface area contributed by atoms with Crippen molar-refractivity contribution in [1.29, 1.82) is 0 Å². The number of anilines is 1. The molecular formula is C20H18N2O5. The van der Waals surface area contributed by atoms with Crippen molar-refractivity contribution in [2.45, 2.75) is 19.0 Å². The Labute approximate surface area is 155 Å². The second-order valence-electron chi connectivity index (χ2n) is 7.02. The maximum atomic E-state index is 13.1. The summed E-state index contributed by atoms with van der Waals surface area (Å²) in [4.78, 5) is 38.8. The predicted molar refractivity (Wildman–Crippen MR) is 92.2 cm³/mol. The predicted octanol–water partition coefficient (Wildman–Crippen LogP) is -0.757. The van der Waals surface area contributed by atoms with Crippen LogP contribution in [0.1, 0.15) is 17.2 Å². The van der Waals surface area contributed by atoms with Crippen LogP contribution in [0.15, 0.2) is 48.5 Å². The molecule has 0 spiro atoms. The number of amides is 2. The molecule has 2 saturated heterocycles. The van der Waals surface area contributed by atoms with Gasteiger partial charge in [0.05, 0.1) is 11.3 Å². The minimum Gasteiger partial charge on any atom is -0.544 e. The van der Waals surface area contributed by atoms with E-state index in [9.17, 15) is 24.6 Å². The number of aryl methyl sites for hydroxylation is 1. The number of hydrogen-bond acceptors (Lipinski definition) is 5. The molecule has 0 aromatic heterocycles. The van der Waals surface area contributed by atoms with Gasteiger partial charge in [-0.05, 0) is 31.2 Å². The van der Waals surface area contributed by atoms with E-state index in [1.54, 1.807) is 42.5 Å². The van der Waals surface area contributed by atoms with E-state index < -0.39 is 41.7 Å². The van der Waals surface area contributed by atoms with Gasteiger partial charge in [0.15, 0.2) is 0 Å². The fourth-order valence-electron chi connectivity index (χ4n) is 4.17. The number of nitrogens with zero attached hydrogens (tertiary/aromatic N) is 1. The number of aliphatic carboxylic acids is 1. The number of hydrogen-bond donors (Lipinski definition) is 2. The first-order chi connectivity index (χ1) is 12.9. The SMILES string of the molecule is Cc1ccc(N2C(=O)[C@@H]3[C@@H](C2=O)[C@@H](c2ccccc2O)[NH2+][C@@H]3C(=O)[O-])cc1. The number of carboxylic acid groups (broad SMARTS) is 1. The van der Waals surface area contributed by atoms with Crippen LogP contribution >= 0.6 is 0 Å². The number of quaternary nitrogens is 1. The first-order valence-corrected chi connectivity index (χ1v) is 8.68. The highest BCUT2D eigenvalue weighted by molar-refractivity contribution is 6.23. The third kappa shape index (κ3) is 2.59. The van der Waals surface area contributed by atoms with Gasteiger partial charge in [0.1, 0.15) is 35.6 Å². The summed E-state index contributed by atoms with van der Waals surface area (Å²) < 4.78 is 0. The largest absolute Gasteiger partial charge is 0.544 e. The monoisotopic (exact) mass is 366 g/mol. The van der Waals surface area contributed by atoms with Crippen LogP contribution in [-0.4, -0.2) is 28.9 Å². The number of carbonyl (C=O) groups is 3. The lowest BCUT2D eigenvalue weighted by atomic mass is 9.86. The number of benzene rings is 2. The molecule has 7 nitrogen and oxygen atoms in total. The van der Waals surface area contributed by atoms with Crippen molar-refractivity contribution in [2.24, 2.45) is 11.8 Å². The summed E-state index contributed by atoms with van der Waals surface area (Å²) in [6.45, 7) is 1.89. The fourth-order valence-corrected chi connectivity index (χ4v) is 4.17. The fraction of sp³-hybridized carbons (Fsp3) is 0.250. The normalized spacial score (nSPS) is 27.1. The Hall–Kier alpha value is -3.19. The van der Waals surface area contributed by atoms with Crippen LogP contribution in [0.5, 0.6) is 5.75 Å². The Morgan fingerprint density at radius 2 is 1.67 bits per heavy atom. The van der Waals surface area contributed by atoms with Crippen LogP contribution in [0.3, 0.4) is 0 Å². The molecule has 2 amide bonds. The molecule has 2 aliphatic rings. The zero-order chi connectivity index (χ0) is 19.3. The van der Waals surface area contributed by atoms with Gasteiger partial charge in [-0.25, -0.2) is 4.90 Å². The average molecular weight is 366 g/mol. The Morgan fingerprint density at radius 1 is 1.04 bits per heavy atom. The van der Waals surface area contributed by atoms with Gasteiger partial charge in [-0.1, -0.05) is 29.8 Å². The highest BCUT2D eigenvalue weighted by Crippen LogP contribution is 2.43. The van der Waals surface area contributed by atoms with Crippen molar-refractivity contribution in [3.8, 4) is 5.75 Å². The molecule has 2 heterocycles. The summed E-state index contributed by atoms with van der Waals surface area (Å²) in [5.41, 5.74) is 1.83. The number of carbonyl (C=O) groups excluding carboxylic acids is 3. The van der Waals surface area contributed by atoms with Crippen molar-refractivity contribution in [1.82, 2.24) is 0 Å². The number of para-hydroxylation sites is 1. The smallest absolute Gasteiger partial charge is 0.244 e. The molecule has 0 unspecified atom stereocenters. The molecule has 3 N–H and O–H groups in total. The van der Waals surface area contributed by atoms with Crippen molar-refractivity contribution < 1.29 is 29.9 Å². The number of aromatic hydroxyl groups is 1. The molecule has 138 valence electrons. The number of fused-ring (bicyclic) bond motifs is 1. The van der Waals surface area contributed by atoms with Gasteiger partial charge in [0, 0.05) is 0 Å². The van der Waals surface area contributed by atoms with Gasteiger partial charge in [0.2, 0.25) is 11.8 Å². The molecule has 0 radical (unpaired) electrons. The highest BCUT2D eigenvalue weighted by atomic mass is 16.4. The summed E-state index contributed by atoms with van der Waals surface area (Å²) >= 11 is 0. The van der Waals surface area contributed by atoms with E-state index in [-0.39, 0.29) is 5.75 Å². The first-order valence-electron chi connectivity index (χ1n) is 8.68. The molecule has 2 aromatic carbocycles. The first kappa shape index (κ1) is 17.2. The minimum absolute atomic E-state index is 0.0365. The molecule has 0 bridgehead atoms. The topological polar surface area (TPSA) is 114 Å². The second-order valence-corrected chi connectivity index (χ2v) is 7.02. The van der Waals surface area contributed by atoms with Crippen LogP contribution in [-0.2, 0) is 14.4 Å². The van der Waals surface area contributed by atoms with Crippen LogP contribution < -0.4 is 15.3 Å². The zero-order valence-electron chi connectivity index (χ0n) is 14.5.